The normalized spacial score (nSPS) is 13.3. The maximum absolute atomic E-state index is 2.46. The van der Waals surface area contributed by atoms with Gasteiger partial charge < -0.3 is 4.90 Å². The van der Waals surface area contributed by atoms with E-state index in [4.69, 9.17) is 0 Å². The molecule has 1 aromatic heterocycles. The second-order valence-electron chi connectivity index (χ2n) is 12.6. The van der Waals surface area contributed by atoms with Gasteiger partial charge in [-0.25, -0.2) is 0 Å². The van der Waals surface area contributed by atoms with Crippen LogP contribution in [0.25, 0.3) is 53.2 Å². The smallest absolute Gasteiger partial charge is 0.0543 e. The van der Waals surface area contributed by atoms with Crippen LogP contribution in [0, 0.1) is 0 Å². The van der Waals surface area contributed by atoms with Gasteiger partial charge in [0.25, 0.3) is 0 Å². The summed E-state index contributed by atoms with van der Waals surface area (Å²) in [5, 5.41) is 5.18. The van der Waals surface area contributed by atoms with Gasteiger partial charge in [0, 0.05) is 42.5 Å². The zero-order chi connectivity index (χ0) is 30.1. The van der Waals surface area contributed by atoms with Gasteiger partial charge in [-0.05, 0) is 87.1 Å². The molecule has 8 aromatic rings. The molecule has 0 spiro atoms. The van der Waals surface area contributed by atoms with Gasteiger partial charge in [0.15, 0.2) is 0 Å². The number of hydrogen-bond donors (Lipinski definition) is 0. The van der Waals surface area contributed by atoms with Crippen molar-refractivity contribution in [2.24, 2.45) is 0 Å². The second-order valence-corrected chi connectivity index (χ2v) is 13.7. The fourth-order valence-corrected chi connectivity index (χ4v) is 8.51. The monoisotopic (exact) mass is 593 g/mol. The molecule has 2 heteroatoms. The summed E-state index contributed by atoms with van der Waals surface area (Å²) in [4.78, 5) is 2.46. The molecule has 0 aliphatic heterocycles. The lowest BCUT2D eigenvalue weighted by atomic mass is 9.82. The summed E-state index contributed by atoms with van der Waals surface area (Å²) >= 11 is 1.88. The molecule has 0 radical (unpaired) electrons. The molecule has 7 aromatic carbocycles. The Morgan fingerprint density at radius 3 is 2.07 bits per heavy atom. The molecular formula is C43H31NS. The Labute approximate surface area is 267 Å². The molecule has 0 amide bonds. The van der Waals surface area contributed by atoms with E-state index in [-0.39, 0.29) is 5.41 Å². The molecule has 1 aliphatic carbocycles. The Morgan fingerprint density at radius 1 is 0.489 bits per heavy atom. The summed E-state index contributed by atoms with van der Waals surface area (Å²) in [6, 6.07) is 55.9. The Bertz CT molecular complexity index is 2400. The number of hydrogen-bond acceptors (Lipinski definition) is 2. The fourth-order valence-electron chi connectivity index (χ4n) is 7.38. The first-order chi connectivity index (χ1) is 22.1. The first-order valence-corrected chi connectivity index (χ1v) is 16.4. The highest BCUT2D eigenvalue weighted by molar-refractivity contribution is 7.25. The van der Waals surface area contributed by atoms with Gasteiger partial charge in [-0.3, -0.25) is 0 Å². The van der Waals surface area contributed by atoms with Crippen molar-refractivity contribution >= 4 is 59.3 Å². The van der Waals surface area contributed by atoms with E-state index < -0.39 is 0 Å². The minimum Gasteiger partial charge on any atom is -0.310 e. The highest BCUT2D eigenvalue weighted by Gasteiger charge is 2.37. The molecule has 0 unspecified atom stereocenters. The number of nitrogens with zero attached hydrogens (tertiary/aromatic N) is 1. The summed E-state index contributed by atoms with van der Waals surface area (Å²) in [5.74, 6) is 0. The minimum absolute atomic E-state index is 0.0697. The van der Waals surface area contributed by atoms with E-state index in [1.807, 2.05) is 11.3 Å². The molecular weight excluding hydrogens is 563 g/mol. The van der Waals surface area contributed by atoms with Crippen molar-refractivity contribution in [2.75, 3.05) is 4.90 Å². The predicted octanol–water partition coefficient (Wildman–Crippen LogP) is 12.7. The van der Waals surface area contributed by atoms with Gasteiger partial charge in [0.1, 0.15) is 0 Å². The van der Waals surface area contributed by atoms with Crippen LogP contribution in [0.2, 0.25) is 0 Å². The van der Waals surface area contributed by atoms with Crippen molar-refractivity contribution in [2.45, 2.75) is 19.3 Å². The molecule has 1 aliphatic rings. The summed E-state index contributed by atoms with van der Waals surface area (Å²) in [5.41, 5.74) is 11.3. The number of fused-ring (bicyclic) bond motifs is 7. The lowest BCUT2D eigenvalue weighted by Crippen LogP contribution is -2.16. The first-order valence-electron chi connectivity index (χ1n) is 15.6. The van der Waals surface area contributed by atoms with Crippen molar-refractivity contribution in [3.05, 3.63) is 163 Å². The minimum atomic E-state index is -0.0697. The molecule has 0 N–H and O–H groups in total. The van der Waals surface area contributed by atoms with Crippen molar-refractivity contribution < 1.29 is 0 Å². The number of thiophene rings is 1. The van der Waals surface area contributed by atoms with Crippen LogP contribution in [-0.2, 0) is 5.41 Å². The lowest BCUT2D eigenvalue weighted by Gasteiger charge is -2.29. The zero-order valence-corrected chi connectivity index (χ0v) is 26.1. The Balaban J connectivity index is 1.28. The van der Waals surface area contributed by atoms with Gasteiger partial charge in [-0.15, -0.1) is 11.3 Å². The fraction of sp³-hybridized carbons (Fsp3) is 0.0698. The first kappa shape index (κ1) is 26.2. The molecule has 0 saturated carbocycles. The number of benzene rings is 7. The van der Waals surface area contributed by atoms with Crippen molar-refractivity contribution in [1.29, 1.82) is 0 Å². The maximum Gasteiger partial charge on any atom is 0.0543 e. The van der Waals surface area contributed by atoms with E-state index in [2.05, 4.69) is 170 Å². The van der Waals surface area contributed by atoms with E-state index in [0.717, 1.165) is 11.4 Å². The molecule has 1 nitrogen and oxygen atoms in total. The van der Waals surface area contributed by atoms with E-state index >= 15 is 0 Å². The van der Waals surface area contributed by atoms with Crippen LogP contribution in [0.15, 0.2) is 152 Å². The third-order valence-electron chi connectivity index (χ3n) is 9.64. The topological polar surface area (TPSA) is 3.24 Å². The average molecular weight is 594 g/mol. The van der Waals surface area contributed by atoms with Gasteiger partial charge in [-0.1, -0.05) is 117 Å². The summed E-state index contributed by atoms with van der Waals surface area (Å²) < 4.78 is 2.67. The van der Waals surface area contributed by atoms with Gasteiger partial charge >= 0.3 is 0 Å². The number of rotatable bonds is 4. The molecule has 0 saturated heterocycles. The van der Waals surface area contributed by atoms with E-state index in [1.54, 1.807) is 0 Å². The molecule has 214 valence electrons. The average Bonchev–Trinajstić information content (AvgIpc) is 3.56. The van der Waals surface area contributed by atoms with E-state index in [0.29, 0.717) is 0 Å². The molecule has 45 heavy (non-hydrogen) atoms. The van der Waals surface area contributed by atoms with Crippen LogP contribution >= 0.6 is 11.3 Å². The van der Waals surface area contributed by atoms with Crippen LogP contribution in [0.1, 0.15) is 25.0 Å². The summed E-state index contributed by atoms with van der Waals surface area (Å²) in [6.45, 7) is 4.71. The van der Waals surface area contributed by atoms with Crippen molar-refractivity contribution in [3.8, 4) is 22.3 Å². The second kappa shape index (κ2) is 9.92. The van der Waals surface area contributed by atoms with Crippen molar-refractivity contribution in [1.82, 2.24) is 0 Å². The maximum atomic E-state index is 2.46. The lowest BCUT2D eigenvalue weighted by molar-refractivity contribution is 0.660. The zero-order valence-electron chi connectivity index (χ0n) is 25.3. The summed E-state index contributed by atoms with van der Waals surface area (Å²) in [6.07, 6.45) is 0. The number of anilines is 3. The van der Waals surface area contributed by atoms with Crippen LogP contribution in [-0.4, -0.2) is 0 Å². The van der Waals surface area contributed by atoms with Crippen molar-refractivity contribution in [3.63, 3.8) is 0 Å². The molecule has 9 rings (SSSR count). The Kier molecular flexibility index (Phi) is 5.78. The van der Waals surface area contributed by atoms with Crippen LogP contribution < -0.4 is 4.90 Å². The van der Waals surface area contributed by atoms with Crippen LogP contribution in [0.3, 0.4) is 0 Å². The quantitative estimate of drug-likeness (QED) is 0.196. The van der Waals surface area contributed by atoms with Gasteiger partial charge in [0.2, 0.25) is 0 Å². The van der Waals surface area contributed by atoms with E-state index in [1.165, 1.54) is 70.0 Å². The van der Waals surface area contributed by atoms with Crippen LogP contribution in [0.4, 0.5) is 17.1 Å². The SMILES string of the molecule is CC1(C)c2ccccc2-c2c(N(c3ccc(-c4ccccc4)cc3)c3ccc4cc5sc6ccccc6c5cc4c3)cccc21. The van der Waals surface area contributed by atoms with Gasteiger partial charge in [0.05, 0.1) is 5.69 Å². The molecule has 1 heterocycles. The third kappa shape index (κ3) is 4.06. The Morgan fingerprint density at radius 2 is 1.20 bits per heavy atom. The van der Waals surface area contributed by atoms with Gasteiger partial charge in [-0.2, -0.15) is 0 Å². The Hall–Kier alpha value is -5.18. The third-order valence-corrected chi connectivity index (χ3v) is 10.8. The molecule has 0 atom stereocenters. The highest BCUT2D eigenvalue weighted by atomic mass is 32.1. The standard InChI is InChI=1S/C43H31NS/c1-43(2)37-15-8-6-14-35(37)42-38(43)16-10-17-39(42)44(32-22-19-29(20-23-32)28-11-4-3-5-12-28)33-24-21-30-27-41-36(26-31(30)25-33)34-13-7-9-18-40(34)45-41/h3-27H,1-2H3. The highest BCUT2D eigenvalue weighted by Crippen LogP contribution is 2.54. The molecule has 0 bridgehead atoms. The van der Waals surface area contributed by atoms with E-state index in [9.17, 15) is 0 Å². The molecule has 0 fully saturated rings. The predicted molar refractivity (Wildman–Crippen MR) is 195 cm³/mol. The summed E-state index contributed by atoms with van der Waals surface area (Å²) in [7, 11) is 0. The van der Waals surface area contributed by atoms with Crippen LogP contribution in [0.5, 0.6) is 0 Å². The largest absolute Gasteiger partial charge is 0.310 e.